The number of rotatable bonds is 6. The minimum Gasteiger partial charge on any atom is -0.495 e. The predicted octanol–water partition coefficient (Wildman–Crippen LogP) is 2.56. The van der Waals surface area contributed by atoms with Crippen molar-refractivity contribution < 1.29 is 9.15 Å². The van der Waals surface area contributed by atoms with Crippen LogP contribution in [-0.4, -0.2) is 25.7 Å². The smallest absolute Gasteiger partial charge is 0.301 e. The highest BCUT2D eigenvalue weighted by Crippen LogP contribution is 2.31. The van der Waals surface area contributed by atoms with Gasteiger partial charge in [-0.25, -0.2) is 0 Å². The fourth-order valence-corrected chi connectivity index (χ4v) is 1.79. The molecule has 0 saturated heterocycles. The first kappa shape index (κ1) is 13.4. The van der Waals surface area contributed by atoms with Crippen LogP contribution in [0.1, 0.15) is 12.6 Å². The van der Waals surface area contributed by atoms with Gasteiger partial charge in [-0.1, -0.05) is 19.1 Å². The average Bonchev–Trinajstić information content (AvgIpc) is 2.93. The number of ether oxygens (including phenoxy) is 1. The molecule has 0 aliphatic carbocycles. The molecule has 102 valence electrons. The summed E-state index contributed by atoms with van der Waals surface area (Å²) in [5, 5.41) is 3.21. The molecule has 2 aromatic rings. The Morgan fingerprint density at radius 3 is 2.89 bits per heavy atom. The van der Waals surface area contributed by atoms with E-state index in [9.17, 15) is 0 Å². The Morgan fingerprint density at radius 2 is 2.16 bits per heavy atom. The number of anilines is 2. The Morgan fingerprint density at radius 1 is 1.37 bits per heavy atom. The molecule has 0 atom stereocenters. The fourth-order valence-electron chi connectivity index (χ4n) is 1.79. The second-order valence-electron chi connectivity index (χ2n) is 4.13. The normalized spacial score (nSPS) is 10.5. The molecular formula is C14H19N3O2. The van der Waals surface area contributed by atoms with Crippen molar-refractivity contribution in [1.29, 1.82) is 0 Å². The van der Waals surface area contributed by atoms with Crippen molar-refractivity contribution in [2.75, 3.05) is 25.6 Å². The third kappa shape index (κ3) is 3.06. The molecule has 1 aromatic heterocycles. The van der Waals surface area contributed by atoms with E-state index in [-0.39, 0.29) is 0 Å². The van der Waals surface area contributed by atoms with E-state index in [1.54, 1.807) is 13.4 Å². The maximum atomic E-state index is 5.50. The number of hydrogen-bond acceptors (Lipinski definition) is 5. The van der Waals surface area contributed by atoms with Gasteiger partial charge in [-0.2, -0.15) is 4.98 Å². The standard InChI is InChI=1S/C14H19N3O2/c1-4-15-9-11-10-19-14(16-11)17(2)12-7-5-6-8-13(12)18-3/h5-8,10,15H,4,9H2,1-3H3. The topological polar surface area (TPSA) is 50.5 Å². The van der Waals surface area contributed by atoms with E-state index >= 15 is 0 Å². The van der Waals surface area contributed by atoms with Crippen LogP contribution in [0.2, 0.25) is 0 Å². The zero-order valence-electron chi connectivity index (χ0n) is 11.5. The van der Waals surface area contributed by atoms with Gasteiger partial charge in [-0.15, -0.1) is 0 Å². The van der Waals surface area contributed by atoms with E-state index in [0.29, 0.717) is 12.6 Å². The second kappa shape index (κ2) is 6.24. The molecule has 0 spiro atoms. The minimum absolute atomic E-state index is 0.553. The van der Waals surface area contributed by atoms with Gasteiger partial charge in [-0.05, 0) is 18.7 Å². The van der Waals surface area contributed by atoms with E-state index < -0.39 is 0 Å². The maximum absolute atomic E-state index is 5.50. The summed E-state index contributed by atoms with van der Waals surface area (Å²) in [6, 6.07) is 8.32. The molecule has 0 bridgehead atoms. The van der Waals surface area contributed by atoms with Crippen LogP contribution in [0.4, 0.5) is 11.7 Å². The lowest BCUT2D eigenvalue weighted by atomic mass is 10.3. The number of nitrogens with zero attached hydrogens (tertiary/aromatic N) is 2. The van der Waals surface area contributed by atoms with Gasteiger partial charge < -0.3 is 14.5 Å². The first-order valence-electron chi connectivity index (χ1n) is 6.28. The van der Waals surface area contributed by atoms with Gasteiger partial charge in [-0.3, -0.25) is 4.90 Å². The minimum atomic E-state index is 0.553. The summed E-state index contributed by atoms with van der Waals surface area (Å²) in [7, 11) is 3.56. The molecule has 0 radical (unpaired) electrons. The highest BCUT2D eigenvalue weighted by molar-refractivity contribution is 5.63. The molecule has 5 nitrogen and oxygen atoms in total. The lowest BCUT2D eigenvalue weighted by Gasteiger charge is -2.17. The SMILES string of the molecule is CCNCc1coc(N(C)c2ccccc2OC)n1. The number of para-hydroxylation sites is 2. The summed E-state index contributed by atoms with van der Waals surface area (Å²) in [6.07, 6.45) is 1.67. The van der Waals surface area contributed by atoms with Gasteiger partial charge in [0.25, 0.3) is 0 Å². The first-order chi connectivity index (χ1) is 9.26. The van der Waals surface area contributed by atoms with E-state index in [2.05, 4.69) is 17.2 Å². The molecule has 5 heteroatoms. The van der Waals surface area contributed by atoms with Crippen molar-refractivity contribution in [3.8, 4) is 5.75 Å². The fraction of sp³-hybridized carbons (Fsp3) is 0.357. The van der Waals surface area contributed by atoms with Crippen molar-refractivity contribution in [3.05, 3.63) is 36.2 Å². The Bertz CT molecular complexity index is 525. The monoisotopic (exact) mass is 261 g/mol. The molecule has 0 fully saturated rings. The molecular weight excluding hydrogens is 242 g/mol. The van der Waals surface area contributed by atoms with Gasteiger partial charge in [0.1, 0.15) is 12.0 Å². The van der Waals surface area contributed by atoms with Crippen LogP contribution >= 0.6 is 0 Å². The van der Waals surface area contributed by atoms with Crippen LogP contribution in [-0.2, 0) is 6.54 Å². The molecule has 0 aliphatic heterocycles. The Balaban J connectivity index is 2.18. The van der Waals surface area contributed by atoms with Gasteiger partial charge in [0.05, 0.1) is 18.5 Å². The van der Waals surface area contributed by atoms with Crippen LogP contribution in [0, 0.1) is 0 Å². The Labute approximate surface area is 113 Å². The maximum Gasteiger partial charge on any atom is 0.301 e. The average molecular weight is 261 g/mol. The summed E-state index contributed by atoms with van der Waals surface area (Å²) in [6.45, 7) is 3.67. The Hall–Kier alpha value is -2.01. The van der Waals surface area contributed by atoms with Gasteiger partial charge in [0.2, 0.25) is 0 Å². The number of oxazole rings is 1. The molecule has 1 aromatic carbocycles. The van der Waals surface area contributed by atoms with Gasteiger partial charge >= 0.3 is 6.01 Å². The van der Waals surface area contributed by atoms with Crippen molar-refractivity contribution in [2.45, 2.75) is 13.5 Å². The van der Waals surface area contributed by atoms with E-state index in [4.69, 9.17) is 9.15 Å². The zero-order valence-corrected chi connectivity index (χ0v) is 11.5. The van der Waals surface area contributed by atoms with Crippen LogP contribution in [0.15, 0.2) is 34.9 Å². The summed E-state index contributed by atoms with van der Waals surface area (Å²) in [5.41, 5.74) is 1.81. The lowest BCUT2D eigenvalue weighted by Crippen LogP contribution is -2.13. The molecule has 0 unspecified atom stereocenters. The van der Waals surface area contributed by atoms with Crippen LogP contribution in [0.3, 0.4) is 0 Å². The van der Waals surface area contributed by atoms with Gasteiger partial charge in [0, 0.05) is 13.6 Å². The third-order valence-electron chi connectivity index (χ3n) is 2.83. The van der Waals surface area contributed by atoms with Crippen molar-refractivity contribution in [3.63, 3.8) is 0 Å². The van der Waals surface area contributed by atoms with Crippen molar-refractivity contribution >= 4 is 11.7 Å². The number of aromatic nitrogens is 1. The molecule has 1 N–H and O–H groups in total. The summed E-state index contributed by atoms with van der Waals surface area (Å²) >= 11 is 0. The highest BCUT2D eigenvalue weighted by Gasteiger charge is 2.14. The second-order valence-corrected chi connectivity index (χ2v) is 4.13. The quantitative estimate of drug-likeness (QED) is 0.866. The Kier molecular flexibility index (Phi) is 4.41. The van der Waals surface area contributed by atoms with E-state index in [0.717, 1.165) is 23.7 Å². The summed E-state index contributed by atoms with van der Waals surface area (Å²) in [5.74, 6) is 0.788. The third-order valence-corrected chi connectivity index (χ3v) is 2.83. The number of methoxy groups -OCH3 is 1. The largest absolute Gasteiger partial charge is 0.495 e. The molecule has 19 heavy (non-hydrogen) atoms. The highest BCUT2D eigenvalue weighted by atomic mass is 16.5. The van der Waals surface area contributed by atoms with Crippen molar-refractivity contribution in [2.24, 2.45) is 0 Å². The van der Waals surface area contributed by atoms with E-state index in [1.165, 1.54) is 0 Å². The molecule has 1 heterocycles. The molecule has 2 rings (SSSR count). The van der Waals surface area contributed by atoms with Crippen LogP contribution < -0.4 is 15.0 Å². The van der Waals surface area contributed by atoms with E-state index in [1.807, 2.05) is 36.2 Å². The summed E-state index contributed by atoms with van der Waals surface area (Å²) in [4.78, 5) is 6.31. The molecule has 0 aliphatic rings. The lowest BCUT2D eigenvalue weighted by molar-refractivity contribution is 0.415. The van der Waals surface area contributed by atoms with Crippen molar-refractivity contribution in [1.82, 2.24) is 10.3 Å². The van der Waals surface area contributed by atoms with Crippen LogP contribution in [0.25, 0.3) is 0 Å². The first-order valence-corrected chi connectivity index (χ1v) is 6.28. The van der Waals surface area contributed by atoms with Crippen LogP contribution in [0.5, 0.6) is 5.75 Å². The predicted molar refractivity (Wildman–Crippen MR) is 74.9 cm³/mol. The van der Waals surface area contributed by atoms with Gasteiger partial charge in [0.15, 0.2) is 0 Å². The zero-order chi connectivity index (χ0) is 13.7. The molecule has 0 saturated carbocycles. The number of hydrogen-bond donors (Lipinski definition) is 1. The summed E-state index contributed by atoms with van der Waals surface area (Å²) < 4.78 is 10.8. The molecule has 0 amide bonds. The number of nitrogens with one attached hydrogen (secondary N) is 1. The number of benzene rings is 1.